The van der Waals surface area contributed by atoms with Gasteiger partial charge in [0.05, 0.1) is 11.0 Å². The van der Waals surface area contributed by atoms with Crippen LogP contribution in [0.4, 0.5) is 5.69 Å². The van der Waals surface area contributed by atoms with E-state index in [4.69, 9.17) is 0 Å². The summed E-state index contributed by atoms with van der Waals surface area (Å²) in [6, 6.07) is 9.39. The Morgan fingerprint density at radius 1 is 1.00 bits per heavy atom. The Labute approximate surface area is 156 Å². The predicted molar refractivity (Wildman–Crippen MR) is 106 cm³/mol. The van der Waals surface area contributed by atoms with Crippen LogP contribution in [0.2, 0.25) is 0 Å². The van der Waals surface area contributed by atoms with Crippen molar-refractivity contribution in [2.75, 3.05) is 25.5 Å². The van der Waals surface area contributed by atoms with Crippen molar-refractivity contribution in [2.45, 2.75) is 38.7 Å². The second kappa shape index (κ2) is 7.78. The van der Waals surface area contributed by atoms with Gasteiger partial charge in [-0.25, -0.2) is 13.1 Å². The number of nitrogens with zero attached hydrogens (tertiary/aromatic N) is 1. The van der Waals surface area contributed by atoms with Crippen molar-refractivity contribution in [1.82, 2.24) is 4.72 Å². The fraction of sp³-hybridized carbons (Fsp3) is 0.400. The zero-order valence-corrected chi connectivity index (χ0v) is 17.1. The lowest BCUT2D eigenvalue weighted by molar-refractivity contribution is 0.182. The van der Waals surface area contributed by atoms with Crippen LogP contribution in [-0.4, -0.2) is 34.2 Å². The summed E-state index contributed by atoms with van der Waals surface area (Å²) in [5.74, 6) is 0. The van der Waals surface area contributed by atoms with Crippen LogP contribution in [0.15, 0.2) is 35.2 Å². The predicted octanol–water partition coefficient (Wildman–Crippen LogP) is 3.00. The summed E-state index contributed by atoms with van der Waals surface area (Å²) in [4.78, 5) is 2.27. The number of benzene rings is 2. The number of sulfonamides is 1. The molecule has 0 saturated carbocycles. The maximum atomic E-state index is 12.8. The number of aryl methyl sites for hydroxylation is 2. The van der Waals surface area contributed by atoms with Gasteiger partial charge in [-0.1, -0.05) is 18.2 Å². The Hall–Kier alpha value is -1.89. The van der Waals surface area contributed by atoms with E-state index < -0.39 is 16.1 Å². The molecule has 2 aromatic rings. The van der Waals surface area contributed by atoms with Crippen LogP contribution in [-0.2, 0) is 10.0 Å². The molecule has 0 heterocycles. The molecule has 26 heavy (non-hydrogen) atoms. The average molecular weight is 377 g/mol. The van der Waals surface area contributed by atoms with Gasteiger partial charge < -0.3 is 10.0 Å². The highest BCUT2D eigenvalue weighted by molar-refractivity contribution is 7.89. The molecular formula is C20H28N2O3S. The summed E-state index contributed by atoms with van der Waals surface area (Å²) < 4.78 is 28.2. The number of aliphatic hydroxyl groups is 1. The molecule has 0 bridgehead atoms. The van der Waals surface area contributed by atoms with Crippen molar-refractivity contribution in [3.63, 3.8) is 0 Å². The third-order valence-electron chi connectivity index (χ3n) is 4.83. The smallest absolute Gasteiger partial charge is 0.241 e. The third-order valence-corrected chi connectivity index (χ3v) is 6.52. The van der Waals surface area contributed by atoms with Gasteiger partial charge in [0, 0.05) is 26.3 Å². The van der Waals surface area contributed by atoms with Gasteiger partial charge in [-0.15, -0.1) is 0 Å². The molecule has 1 unspecified atom stereocenters. The van der Waals surface area contributed by atoms with Gasteiger partial charge in [-0.2, -0.15) is 0 Å². The number of hydrogen-bond acceptors (Lipinski definition) is 4. The van der Waals surface area contributed by atoms with Crippen LogP contribution in [0.5, 0.6) is 0 Å². The maximum Gasteiger partial charge on any atom is 0.241 e. The molecule has 0 spiro atoms. The van der Waals surface area contributed by atoms with E-state index in [0.717, 1.165) is 27.9 Å². The maximum absolute atomic E-state index is 12.8. The molecule has 0 aliphatic carbocycles. The van der Waals surface area contributed by atoms with Crippen molar-refractivity contribution in [3.05, 3.63) is 58.1 Å². The molecule has 2 aromatic carbocycles. The van der Waals surface area contributed by atoms with Gasteiger partial charge in [0.25, 0.3) is 0 Å². The normalized spacial score (nSPS) is 12.9. The minimum Gasteiger partial charge on any atom is -0.387 e. The monoisotopic (exact) mass is 376 g/mol. The minimum atomic E-state index is -3.71. The van der Waals surface area contributed by atoms with Gasteiger partial charge in [0.2, 0.25) is 10.0 Å². The van der Waals surface area contributed by atoms with Crippen LogP contribution in [0.1, 0.15) is 33.9 Å². The molecule has 0 aliphatic heterocycles. The number of rotatable bonds is 6. The summed E-state index contributed by atoms with van der Waals surface area (Å²) in [5, 5.41) is 10.4. The number of anilines is 1. The largest absolute Gasteiger partial charge is 0.387 e. The van der Waals surface area contributed by atoms with E-state index in [1.807, 2.05) is 77.0 Å². The van der Waals surface area contributed by atoms with E-state index in [0.29, 0.717) is 10.5 Å². The molecule has 0 fully saturated rings. The molecule has 6 heteroatoms. The summed E-state index contributed by atoms with van der Waals surface area (Å²) in [6.45, 7) is 7.36. The van der Waals surface area contributed by atoms with E-state index in [2.05, 4.69) is 4.72 Å². The summed E-state index contributed by atoms with van der Waals surface area (Å²) in [6.07, 6.45) is -0.910. The first-order valence-electron chi connectivity index (χ1n) is 8.57. The molecule has 142 valence electrons. The molecule has 0 aromatic heterocycles. The van der Waals surface area contributed by atoms with E-state index >= 15 is 0 Å². The highest BCUT2D eigenvalue weighted by Gasteiger charge is 2.23. The van der Waals surface area contributed by atoms with Crippen LogP contribution in [0.25, 0.3) is 0 Å². The van der Waals surface area contributed by atoms with Gasteiger partial charge in [0.15, 0.2) is 0 Å². The lowest BCUT2D eigenvalue weighted by atomic mass is 10.0. The second-order valence-electron chi connectivity index (χ2n) is 6.94. The molecule has 2 rings (SSSR count). The zero-order valence-electron chi connectivity index (χ0n) is 16.3. The second-order valence-corrected chi connectivity index (χ2v) is 8.65. The number of aliphatic hydroxyl groups excluding tert-OH is 1. The van der Waals surface area contributed by atoms with Crippen molar-refractivity contribution < 1.29 is 13.5 Å². The number of nitrogens with one attached hydrogen (secondary N) is 1. The van der Waals surface area contributed by atoms with Crippen LogP contribution >= 0.6 is 0 Å². The first kappa shape index (κ1) is 20.4. The minimum absolute atomic E-state index is 0.0739. The summed E-state index contributed by atoms with van der Waals surface area (Å²) >= 11 is 0. The van der Waals surface area contributed by atoms with Crippen molar-refractivity contribution in [2.24, 2.45) is 0 Å². The quantitative estimate of drug-likeness (QED) is 0.813. The highest BCUT2D eigenvalue weighted by Crippen LogP contribution is 2.26. The topological polar surface area (TPSA) is 69.6 Å². The summed E-state index contributed by atoms with van der Waals surface area (Å²) in [5.41, 5.74) is 5.05. The molecule has 0 amide bonds. The highest BCUT2D eigenvalue weighted by atomic mass is 32.2. The Bertz CT molecular complexity index is 862. The van der Waals surface area contributed by atoms with Gasteiger partial charge in [-0.3, -0.25) is 0 Å². The molecule has 0 radical (unpaired) electrons. The third kappa shape index (κ3) is 4.26. The standard InChI is InChI=1S/C20H28N2O3S/c1-13-11-14(2)16(4)20(15(13)3)26(24,25)21-12-19(23)17-7-9-18(10-8-17)22(5)6/h7-11,19,21,23H,12H2,1-6H3. The van der Waals surface area contributed by atoms with E-state index in [1.54, 1.807) is 0 Å². The lowest BCUT2D eigenvalue weighted by Gasteiger charge is -2.18. The van der Waals surface area contributed by atoms with Crippen LogP contribution < -0.4 is 9.62 Å². The molecule has 1 atom stereocenters. The molecule has 2 N–H and O–H groups in total. The lowest BCUT2D eigenvalue weighted by Crippen LogP contribution is -2.30. The molecule has 0 aliphatic rings. The van der Waals surface area contributed by atoms with Gasteiger partial charge in [-0.05, 0) is 67.6 Å². The van der Waals surface area contributed by atoms with E-state index in [9.17, 15) is 13.5 Å². The average Bonchev–Trinajstić information content (AvgIpc) is 2.58. The fourth-order valence-electron chi connectivity index (χ4n) is 2.96. The summed E-state index contributed by atoms with van der Waals surface area (Å²) in [7, 11) is 0.168. The SMILES string of the molecule is Cc1cc(C)c(C)c(S(=O)(=O)NCC(O)c2ccc(N(C)C)cc2)c1C. The van der Waals surface area contributed by atoms with Crippen LogP contribution in [0, 0.1) is 27.7 Å². The Morgan fingerprint density at radius 2 is 1.50 bits per heavy atom. The Balaban J connectivity index is 2.20. The van der Waals surface area contributed by atoms with Crippen molar-refractivity contribution >= 4 is 15.7 Å². The van der Waals surface area contributed by atoms with Crippen molar-refractivity contribution in [3.8, 4) is 0 Å². The zero-order chi connectivity index (χ0) is 19.6. The Kier molecular flexibility index (Phi) is 6.11. The van der Waals surface area contributed by atoms with Crippen LogP contribution in [0.3, 0.4) is 0 Å². The molecule has 0 saturated heterocycles. The fourth-order valence-corrected chi connectivity index (χ4v) is 4.61. The van der Waals surface area contributed by atoms with E-state index in [-0.39, 0.29) is 6.54 Å². The molecular weight excluding hydrogens is 348 g/mol. The first-order chi connectivity index (χ1) is 12.0. The number of hydrogen-bond donors (Lipinski definition) is 2. The van der Waals surface area contributed by atoms with E-state index in [1.165, 1.54) is 0 Å². The van der Waals surface area contributed by atoms with Gasteiger partial charge >= 0.3 is 0 Å². The van der Waals surface area contributed by atoms with Gasteiger partial charge in [0.1, 0.15) is 0 Å². The molecule has 5 nitrogen and oxygen atoms in total. The first-order valence-corrected chi connectivity index (χ1v) is 10.1. The Morgan fingerprint density at radius 3 is 1.96 bits per heavy atom. The van der Waals surface area contributed by atoms with Crippen molar-refractivity contribution in [1.29, 1.82) is 0 Å².